The summed E-state index contributed by atoms with van der Waals surface area (Å²) in [5.74, 6) is 0.946. The lowest BCUT2D eigenvalue weighted by Crippen LogP contribution is -2.36. The normalized spacial score (nSPS) is 11.5. The lowest BCUT2D eigenvalue weighted by molar-refractivity contribution is 0.413. The second-order valence-corrected chi connectivity index (χ2v) is 5.13. The van der Waals surface area contributed by atoms with Crippen LogP contribution in [0.1, 0.15) is 32.8 Å². The van der Waals surface area contributed by atoms with Gasteiger partial charge in [-0.05, 0) is 57.9 Å². The van der Waals surface area contributed by atoms with Crippen molar-refractivity contribution in [3.8, 4) is 5.75 Å². The SMILES string of the molecule is COc1cccc(CCCNC(C)(C)C)c1. The Morgan fingerprint density at radius 2 is 2.00 bits per heavy atom. The Morgan fingerprint density at radius 1 is 1.25 bits per heavy atom. The molecule has 0 radical (unpaired) electrons. The van der Waals surface area contributed by atoms with Crippen LogP contribution in [0.25, 0.3) is 0 Å². The van der Waals surface area contributed by atoms with Gasteiger partial charge in [0.05, 0.1) is 7.11 Å². The maximum Gasteiger partial charge on any atom is 0.119 e. The van der Waals surface area contributed by atoms with Gasteiger partial charge in [-0.25, -0.2) is 0 Å². The van der Waals surface area contributed by atoms with Gasteiger partial charge < -0.3 is 10.1 Å². The van der Waals surface area contributed by atoms with Gasteiger partial charge in [-0.15, -0.1) is 0 Å². The van der Waals surface area contributed by atoms with Crippen molar-refractivity contribution in [1.82, 2.24) is 5.32 Å². The third-order valence-electron chi connectivity index (χ3n) is 2.43. The number of hydrogen-bond acceptors (Lipinski definition) is 2. The van der Waals surface area contributed by atoms with E-state index in [1.54, 1.807) is 7.11 Å². The Hall–Kier alpha value is -1.02. The van der Waals surface area contributed by atoms with E-state index < -0.39 is 0 Å². The van der Waals surface area contributed by atoms with Crippen LogP contribution in [0.2, 0.25) is 0 Å². The molecule has 0 aromatic heterocycles. The van der Waals surface area contributed by atoms with Crippen molar-refractivity contribution in [2.45, 2.75) is 39.2 Å². The van der Waals surface area contributed by atoms with Crippen molar-refractivity contribution in [1.29, 1.82) is 0 Å². The molecule has 1 N–H and O–H groups in total. The summed E-state index contributed by atoms with van der Waals surface area (Å²) in [6.45, 7) is 7.64. The van der Waals surface area contributed by atoms with E-state index in [1.807, 2.05) is 12.1 Å². The fraction of sp³-hybridized carbons (Fsp3) is 0.571. The summed E-state index contributed by atoms with van der Waals surface area (Å²) in [7, 11) is 1.71. The van der Waals surface area contributed by atoms with E-state index in [2.05, 4.69) is 38.2 Å². The molecule has 0 atom stereocenters. The highest BCUT2D eigenvalue weighted by Gasteiger charge is 2.07. The molecule has 0 aliphatic rings. The molecule has 0 spiro atoms. The van der Waals surface area contributed by atoms with E-state index in [0.29, 0.717) is 0 Å². The van der Waals surface area contributed by atoms with Crippen LogP contribution in [0.3, 0.4) is 0 Å². The van der Waals surface area contributed by atoms with Crippen molar-refractivity contribution in [3.05, 3.63) is 29.8 Å². The average Bonchev–Trinajstić information content (AvgIpc) is 2.23. The van der Waals surface area contributed by atoms with E-state index in [0.717, 1.165) is 25.1 Å². The van der Waals surface area contributed by atoms with Gasteiger partial charge in [-0.2, -0.15) is 0 Å². The molecule has 0 heterocycles. The number of hydrogen-bond donors (Lipinski definition) is 1. The molecular formula is C14H23NO. The topological polar surface area (TPSA) is 21.3 Å². The highest BCUT2D eigenvalue weighted by atomic mass is 16.5. The zero-order valence-electron chi connectivity index (χ0n) is 10.8. The number of rotatable bonds is 5. The number of aryl methyl sites for hydroxylation is 1. The van der Waals surface area contributed by atoms with Crippen LogP contribution in [0.15, 0.2) is 24.3 Å². The molecule has 0 aliphatic carbocycles. The summed E-state index contributed by atoms with van der Waals surface area (Å²) in [5, 5.41) is 3.49. The van der Waals surface area contributed by atoms with Crippen LogP contribution >= 0.6 is 0 Å². The minimum Gasteiger partial charge on any atom is -0.497 e. The lowest BCUT2D eigenvalue weighted by Gasteiger charge is -2.20. The van der Waals surface area contributed by atoms with Gasteiger partial charge in [0.2, 0.25) is 0 Å². The van der Waals surface area contributed by atoms with Crippen molar-refractivity contribution in [2.75, 3.05) is 13.7 Å². The summed E-state index contributed by atoms with van der Waals surface area (Å²) in [6, 6.07) is 8.29. The largest absolute Gasteiger partial charge is 0.497 e. The molecule has 1 aromatic rings. The number of methoxy groups -OCH3 is 1. The van der Waals surface area contributed by atoms with Crippen LogP contribution in [-0.2, 0) is 6.42 Å². The van der Waals surface area contributed by atoms with Crippen molar-refractivity contribution in [2.24, 2.45) is 0 Å². The van der Waals surface area contributed by atoms with Gasteiger partial charge in [0.1, 0.15) is 5.75 Å². The maximum atomic E-state index is 5.20. The summed E-state index contributed by atoms with van der Waals surface area (Å²) in [5.41, 5.74) is 1.56. The summed E-state index contributed by atoms with van der Waals surface area (Å²) in [6.07, 6.45) is 2.25. The summed E-state index contributed by atoms with van der Waals surface area (Å²) in [4.78, 5) is 0. The Bertz CT molecular complexity index is 315. The van der Waals surface area contributed by atoms with Gasteiger partial charge in [0, 0.05) is 5.54 Å². The number of benzene rings is 1. The van der Waals surface area contributed by atoms with E-state index in [1.165, 1.54) is 5.56 Å². The van der Waals surface area contributed by atoms with Crippen molar-refractivity contribution in [3.63, 3.8) is 0 Å². The number of nitrogens with one attached hydrogen (secondary N) is 1. The highest BCUT2D eigenvalue weighted by molar-refractivity contribution is 5.28. The van der Waals surface area contributed by atoms with Gasteiger partial charge in [-0.1, -0.05) is 12.1 Å². The predicted molar refractivity (Wildman–Crippen MR) is 69.1 cm³/mol. The third kappa shape index (κ3) is 5.17. The molecule has 0 bridgehead atoms. The van der Waals surface area contributed by atoms with Gasteiger partial charge in [-0.3, -0.25) is 0 Å². The molecule has 2 nitrogen and oxygen atoms in total. The summed E-state index contributed by atoms with van der Waals surface area (Å²) >= 11 is 0. The molecule has 1 rings (SSSR count). The second-order valence-electron chi connectivity index (χ2n) is 5.13. The molecule has 0 unspecified atom stereocenters. The molecule has 0 saturated heterocycles. The molecule has 1 aromatic carbocycles. The average molecular weight is 221 g/mol. The molecule has 0 aliphatic heterocycles. The van der Waals surface area contributed by atoms with Crippen LogP contribution in [-0.4, -0.2) is 19.2 Å². The minimum absolute atomic E-state index is 0.217. The predicted octanol–water partition coefficient (Wildman–Crippen LogP) is 3.02. The Kier molecular flexibility index (Phi) is 4.81. The highest BCUT2D eigenvalue weighted by Crippen LogP contribution is 2.13. The van der Waals surface area contributed by atoms with E-state index >= 15 is 0 Å². The van der Waals surface area contributed by atoms with Crippen LogP contribution < -0.4 is 10.1 Å². The van der Waals surface area contributed by atoms with Crippen LogP contribution in [0.4, 0.5) is 0 Å². The molecule has 16 heavy (non-hydrogen) atoms. The zero-order chi connectivity index (χ0) is 12.0. The molecule has 0 fully saturated rings. The quantitative estimate of drug-likeness (QED) is 0.772. The fourth-order valence-corrected chi connectivity index (χ4v) is 1.58. The first-order valence-electron chi connectivity index (χ1n) is 5.89. The van der Waals surface area contributed by atoms with Crippen molar-refractivity contribution >= 4 is 0 Å². The molecule has 0 saturated carbocycles. The first-order valence-corrected chi connectivity index (χ1v) is 5.89. The smallest absolute Gasteiger partial charge is 0.119 e. The molecular weight excluding hydrogens is 198 g/mol. The van der Waals surface area contributed by atoms with Crippen molar-refractivity contribution < 1.29 is 4.74 Å². The molecule has 90 valence electrons. The summed E-state index contributed by atoms with van der Waals surface area (Å²) < 4.78 is 5.20. The second kappa shape index (κ2) is 5.90. The van der Waals surface area contributed by atoms with Gasteiger partial charge in [0.25, 0.3) is 0 Å². The standard InChI is InChI=1S/C14H23NO/c1-14(2,3)15-10-6-8-12-7-5-9-13(11-12)16-4/h5,7,9,11,15H,6,8,10H2,1-4H3. The Morgan fingerprint density at radius 3 is 2.62 bits per heavy atom. The Balaban J connectivity index is 2.32. The zero-order valence-corrected chi connectivity index (χ0v) is 10.8. The van der Waals surface area contributed by atoms with Crippen LogP contribution in [0.5, 0.6) is 5.75 Å². The lowest BCUT2D eigenvalue weighted by atomic mass is 10.1. The minimum atomic E-state index is 0.217. The van der Waals surface area contributed by atoms with E-state index in [-0.39, 0.29) is 5.54 Å². The fourth-order valence-electron chi connectivity index (χ4n) is 1.58. The maximum absolute atomic E-state index is 5.20. The third-order valence-corrected chi connectivity index (χ3v) is 2.43. The first-order chi connectivity index (χ1) is 7.51. The first kappa shape index (κ1) is 13.0. The van der Waals surface area contributed by atoms with Gasteiger partial charge >= 0.3 is 0 Å². The van der Waals surface area contributed by atoms with Gasteiger partial charge in [0.15, 0.2) is 0 Å². The van der Waals surface area contributed by atoms with E-state index in [4.69, 9.17) is 4.74 Å². The molecule has 0 amide bonds. The van der Waals surface area contributed by atoms with Crippen LogP contribution in [0, 0.1) is 0 Å². The Labute approximate surface area is 99.0 Å². The molecule has 2 heteroatoms. The van der Waals surface area contributed by atoms with E-state index in [9.17, 15) is 0 Å². The monoisotopic (exact) mass is 221 g/mol. The number of ether oxygens (including phenoxy) is 1.